The molecule has 0 saturated heterocycles. The molecule has 72 valence electrons. The van der Waals surface area contributed by atoms with Crippen LogP contribution in [0.5, 0.6) is 0 Å². The van der Waals surface area contributed by atoms with Gasteiger partial charge in [0.05, 0.1) is 12.1 Å². The van der Waals surface area contributed by atoms with Gasteiger partial charge in [-0.3, -0.25) is 9.98 Å². The summed E-state index contributed by atoms with van der Waals surface area (Å²) in [7, 11) is 0. The molecule has 0 spiro atoms. The highest BCUT2D eigenvalue weighted by Gasteiger charge is 2.52. The molecule has 1 saturated carbocycles. The van der Waals surface area contributed by atoms with E-state index in [1.807, 2.05) is 12.4 Å². The van der Waals surface area contributed by atoms with Crippen molar-refractivity contribution < 1.29 is 0 Å². The molecule has 2 unspecified atom stereocenters. The molecule has 2 heteroatoms. The molecule has 0 radical (unpaired) electrons. The van der Waals surface area contributed by atoms with Crippen LogP contribution in [-0.2, 0) is 0 Å². The van der Waals surface area contributed by atoms with Gasteiger partial charge >= 0.3 is 0 Å². The maximum atomic E-state index is 4.57. The summed E-state index contributed by atoms with van der Waals surface area (Å²) in [5.41, 5.74) is 0.616. The summed E-state index contributed by atoms with van der Waals surface area (Å²) in [4.78, 5) is 9.13. The fourth-order valence-electron chi connectivity index (χ4n) is 3.07. The van der Waals surface area contributed by atoms with Crippen LogP contribution in [0.25, 0.3) is 0 Å². The Hall–Kier alpha value is -0.660. The summed E-state index contributed by atoms with van der Waals surface area (Å²) in [6.45, 7) is 9.21. The van der Waals surface area contributed by atoms with Crippen LogP contribution in [0.4, 0.5) is 0 Å². The molecule has 2 atom stereocenters. The topological polar surface area (TPSA) is 24.7 Å². The van der Waals surface area contributed by atoms with Gasteiger partial charge in [0.2, 0.25) is 0 Å². The number of fused-ring (bicyclic) bond motifs is 1. The van der Waals surface area contributed by atoms with Crippen LogP contribution in [0.2, 0.25) is 0 Å². The Balaban J connectivity index is 2.38. The van der Waals surface area contributed by atoms with Crippen molar-refractivity contribution in [2.75, 3.05) is 0 Å². The van der Waals surface area contributed by atoms with E-state index in [1.54, 1.807) is 0 Å². The van der Waals surface area contributed by atoms with Crippen LogP contribution in [0.3, 0.4) is 0 Å². The summed E-state index contributed by atoms with van der Waals surface area (Å²) in [5, 5.41) is 0. The maximum absolute atomic E-state index is 4.57. The van der Waals surface area contributed by atoms with Crippen LogP contribution in [0.15, 0.2) is 9.98 Å². The van der Waals surface area contributed by atoms with Gasteiger partial charge in [-0.15, -0.1) is 0 Å². The average molecular weight is 178 g/mol. The van der Waals surface area contributed by atoms with Gasteiger partial charge in [0, 0.05) is 12.4 Å². The number of hydrogen-bond donors (Lipinski definition) is 0. The van der Waals surface area contributed by atoms with Crippen molar-refractivity contribution in [1.29, 1.82) is 0 Å². The van der Waals surface area contributed by atoms with Crippen molar-refractivity contribution in [3.63, 3.8) is 0 Å². The van der Waals surface area contributed by atoms with Crippen molar-refractivity contribution >= 4 is 12.4 Å². The SMILES string of the molecule is CC1(C)CC(C)(C)C2N=CC=NC21. The van der Waals surface area contributed by atoms with Crippen LogP contribution < -0.4 is 0 Å². The number of aliphatic imine (C=N–C) groups is 2. The van der Waals surface area contributed by atoms with E-state index in [4.69, 9.17) is 0 Å². The zero-order chi connectivity index (χ0) is 9.69. The molecule has 0 aromatic rings. The fourth-order valence-corrected chi connectivity index (χ4v) is 3.07. The molecular weight excluding hydrogens is 160 g/mol. The van der Waals surface area contributed by atoms with Crippen molar-refractivity contribution in [3.05, 3.63) is 0 Å². The summed E-state index contributed by atoms with van der Waals surface area (Å²) >= 11 is 0. The first-order chi connectivity index (χ1) is 5.93. The standard InChI is InChI=1S/C11H18N2/c1-10(2)7-11(3,4)9-8(10)12-5-6-13-9/h5-6,8-9H,7H2,1-4H3. The van der Waals surface area contributed by atoms with Gasteiger partial charge in [0.25, 0.3) is 0 Å². The smallest absolute Gasteiger partial charge is 0.0779 e. The molecule has 1 heterocycles. The predicted octanol–water partition coefficient (Wildman–Crippen LogP) is 2.33. The Morgan fingerprint density at radius 3 is 1.69 bits per heavy atom. The minimum absolute atomic E-state index is 0.308. The Kier molecular flexibility index (Phi) is 1.67. The fraction of sp³-hybridized carbons (Fsp3) is 0.818. The Labute approximate surface area is 80.2 Å². The molecule has 2 rings (SSSR count). The third kappa shape index (κ3) is 1.23. The second-order valence-corrected chi connectivity index (χ2v) is 5.64. The third-order valence-electron chi connectivity index (χ3n) is 3.37. The lowest BCUT2D eigenvalue weighted by molar-refractivity contribution is 0.290. The Bertz CT molecular complexity index is 246. The van der Waals surface area contributed by atoms with E-state index in [0.29, 0.717) is 22.9 Å². The van der Waals surface area contributed by atoms with Crippen molar-refractivity contribution in [2.45, 2.75) is 46.2 Å². The lowest BCUT2D eigenvalue weighted by Gasteiger charge is -2.27. The highest BCUT2D eigenvalue weighted by molar-refractivity contribution is 6.16. The highest BCUT2D eigenvalue weighted by atomic mass is 15.0. The molecule has 0 bridgehead atoms. The van der Waals surface area contributed by atoms with Gasteiger partial charge in [0.15, 0.2) is 0 Å². The molecular formula is C11H18N2. The first kappa shape index (κ1) is 8.92. The summed E-state index contributed by atoms with van der Waals surface area (Å²) in [6, 6.07) is 0.792. The lowest BCUT2D eigenvalue weighted by Crippen LogP contribution is -2.34. The highest BCUT2D eigenvalue weighted by Crippen LogP contribution is 2.52. The zero-order valence-electron chi connectivity index (χ0n) is 8.91. The molecule has 0 aromatic heterocycles. The molecule has 13 heavy (non-hydrogen) atoms. The lowest BCUT2D eigenvalue weighted by atomic mass is 9.83. The second kappa shape index (κ2) is 2.43. The average Bonchev–Trinajstić information content (AvgIpc) is 2.20. The molecule has 1 fully saturated rings. The van der Waals surface area contributed by atoms with Gasteiger partial charge in [-0.1, -0.05) is 27.7 Å². The molecule has 0 N–H and O–H groups in total. The summed E-state index contributed by atoms with van der Waals surface area (Å²) < 4.78 is 0. The first-order valence-electron chi connectivity index (χ1n) is 4.98. The largest absolute Gasteiger partial charge is 0.285 e. The van der Waals surface area contributed by atoms with Crippen LogP contribution >= 0.6 is 0 Å². The maximum Gasteiger partial charge on any atom is 0.0779 e. The number of rotatable bonds is 0. The monoisotopic (exact) mass is 178 g/mol. The predicted molar refractivity (Wildman–Crippen MR) is 56.7 cm³/mol. The van der Waals surface area contributed by atoms with Crippen molar-refractivity contribution in [3.8, 4) is 0 Å². The quantitative estimate of drug-likeness (QED) is 0.544. The third-order valence-corrected chi connectivity index (χ3v) is 3.37. The number of hydrogen-bond acceptors (Lipinski definition) is 2. The van der Waals surface area contributed by atoms with Crippen LogP contribution in [-0.4, -0.2) is 24.5 Å². The van der Waals surface area contributed by atoms with Gasteiger partial charge < -0.3 is 0 Å². The summed E-state index contributed by atoms with van der Waals surface area (Å²) in [5.74, 6) is 0. The first-order valence-corrected chi connectivity index (χ1v) is 4.98. The van der Waals surface area contributed by atoms with E-state index in [1.165, 1.54) is 6.42 Å². The van der Waals surface area contributed by atoms with E-state index in [2.05, 4.69) is 37.7 Å². The second-order valence-electron chi connectivity index (χ2n) is 5.64. The van der Waals surface area contributed by atoms with Crippen LogP contribution in [0, 0.1) is 10.8 Å². The van der Waals surface area contributed by atoms with Crippen molar-refractivity contribution in [1.82, 2.24) is 0 Å². The van der Waals surface area contributed by atoms with E-state index in [0.717, 1.165) is 0 Å². The molecule has 2 nitrogen and oxygen atoms in total. The van der Waals surface area contributed by atoms with Gasteiger partial charge in [-0.25, -0.2) is 0 Å². The zero-order valence-corrected chi connectivity index (χ0v) is 8.91. The van der Waals surface area contributed by atoms with Gasteiger partial charge in [-0.2, -0.15) is 0 Å². The minimum atomic E-state index is 0.308. The van der Waals surface area contributed by atoms with Crippen molar-refractivity contribution in [2.24, 2.45) is 20.8 Å². The van der Waals surface area contributed by atoms with Gasteiger partial charge in [0.1, 0.15) is 0 Å². The molecule has 2 aliphatic rings. The minimum Gasteiger partial charge on any atom is -0.285 e. The van der Waals surface area contributed by atoms with E-state index in [-0.39, 0.29) is 0 Å². The van der Waals surface area contributed by atoms with E-state index < -0.39 is 0 Å². The van der Waals surface area contributed by atoms with E-state index >= 15 is 0 Å². The molecule has 1 aliphatic carbocycles. The normalized spacial score (nSPS) is 39.1. The van der Waals surface area contributed by atoms with E-state index in [9.17, 15) is 0 Å². The number of nitrogens with zero attached hydrogens (tertiary/aromatic N) is 2. The Morgan fingerprint density at radius 2 is 1.31 bits per heavy atom. The molecule has 0 amide bonds. The van der Waals surface area contributed by atoms with Crippen LogP contribution in [0.1, 0.15) is 34.1 Å². The molecule has 1 aliphatic heterocycles. The molecule has 0 aromatic carbocycles. The van der Waals surface area contributed by atoms with Gasteiger partial charge in [-0.05, 0) is 17.3 Å². The summed E-state index contributed by atoms with van der Waals surface area (Å²) in [6.07, 6.45) is 4.92. The Morgan fingerprint density at radius 1 is 0.923 bits per heavy atom.